The summed E-state index contributed by atoms with van der Waals surface area (Å²) in [5.74, 6) is 1.37. The van der Waals surface area contributed by atoms with E-state index in [-0.39, 0.29) is 25.2 Å². The summed E-state index contributed by atoms with van der Waals surface area (Å²) in [5, 5.41) is 2.70. The van der Waals surface area contributed by atoms with Gasteiger partial charge >= 0.3 is 0 Å². The summed E-state index contributed by atoms with van der Waals surface area (Å²) < 4.78 is 16.1. The third-order valence-electron chi connectivity index (χ3n) is 5.20. The first-order chi connectivity index (χ1) is 13.2. The van der Waals surface area contributed by atoms with Crippen LogP contribution in [-0.2, 0) is 20.9 Å². The highest BCUT2D eigenvalue weighted by Crippen LogP contribution is 2.32. The number of carbonyl (C=O) groups is 2. The lowest BCUT2D eigenvalue weighted by Gasteiger charge is -2.34. The maximum Gasteiger partial charge on any atom is 0.249 e. The van der Waals surface area contributed by atoms with Crippen LogP contribution in [0.25, 0.3) is 0 Å². The van der Waals surface area contributed by atoms with Gasteiger partial charge in [-0.3, -0.25) is 14.5 Å². The third-order valence-corrected chi connectivity index (χ3v) is 5.20. The molecule has 0 radical (unpaired) electrons. The molecule has 1 atom stereocenters. The molecule has 8 nitrogen and oxygen atoms in total. The molecule has 1 aromatic rings. The molecular formula is C19H25N3O5. The molecule has 1 unspecified atom stereocenters. The predicted octanol–water partition coefficient (Wildman–Crippen LogP) is 0.355. The van der Waals surface area contributed by atoms with E-state index in [1.165, 1.54) is 5.56 Å². The van der Waals surface area contributed by atoms with Crippen LogP contribution in [0.15, 0.2) is 18.2 Å². The lowest BCUT2D eigenvalue weighted by Crippen LogP contribution is -2.51. The van der Waals surface area contributed by atoms with Crippen molar-refractivity contribution in [3.63, 3.8) is 0 Å². The van der Waals surface area contributed by atoms with Crippen molar-refractivity contribution in [1.82, 2.24) is 15.1 Å². The Balaban J connectivity index is 1.20. The van der Waals surface area contributed by atoms with Crippen molar-refractivity contribution in [1.29, 1.82) is 0 Å². The lowest BCUT2D eigenvalue weighted by molar-refractivity contribution is -0.137. The minimum atomic E-state index is -0.392. The minimum Gasteiger partial charge on any atom is -0.454 e. The second-order valence-corrected chi connectivity index (χ2v) is 7.06. The zero-order valence-corrected chi connectivity index (χ0v) is 15.3. The highest BCUT2D eigenvalue weighted by molar-refractivity contribution is 5.87. The number of piperazine rings is 1. The van der Waals surface area contributed by atoms with Gasteiger partial charge in [0.05, 0.1) is 6.54 Å². The van der Waals surface area contributed by atoms with E-state index >= 15 is 0 Å². The van der Waals surface area contributed by atoms with E-state index in [9.17, 15) is 9.59 Å². The Morgan fingerprint density at radius 3 is 2.70 bits per heavy atom. The van der Waals surface area contributed by atoms with Crippen molar-refractivity contribution in [2.45, 2.75) is 25.5 Å². The summed E-state index contributed by atoms with van der Waals surface area (Å²) in [6.07, 6.45) is 1.24. The maximum atomic E-state index is 12.3. The van der Waals surface area contributed by atoms with Crippen LogP contribution < -0.4 is 14.8 Å². The van der Waals surface area contributed by atoms with Gasteiger partial charge in [-0.2, -0.15) is 0 Å². The van der Waals surface area contributed by atoms with Gasteiger partial charge in [-0.1, -0.05) is 6.07 Å². The number of amides is 2. The number of hydrogen-bond donors (Lipinski definition) is 1. The zero-order valence-electron chi connectivity index (χ0n) is 15.3. The molecule has 4 rings (SSSR count). The Hall–Kier alpha value is -2.32. The number of carbonyl (C=O) groups excluding carboxylic acids is 2. The molecule has 0 spiro atoms. The van der Waals surface area contributed by atoms with Gasteiger partial charge in [-0.25, -0.2) is 0 Å². The van der Waals surface area contributed by atoms with Crippen molar-refractivity contribution in [3.05, 3.63) is 23.8 Å². The molecule has 2 fully saturated rings. The molecule has 1 aromatic carbocycles. The van der Waals surface area contributed by atoms with E-state index in [1.54, 1.807) is 0 Å². The zero-order chi connectivity index (χ0) is 18.6. The smallest absolute Gasteiger partial charge is 0.249 e. The van der Waals surface area contributed by atoms with E-state index in [0.717, 1.165) is 44.0 Å². The van der Waals surface area contributed by atoms with Crippen LogP contribution in [0.4, 0.5) is 0 Å². The second-order valence-electron chi connectivity index (χ2n) is 7.06. The molecule has 3 heterocycles. The average molecular weight is 375 g/mol. The SMILES string of the molecule is O=C(NCC(=O)N1CCN(Cc2ccc3c(c2)OCO3)CC1)C1CCCO1. The molecule has 0 aliphatic carbocycles. The van der Waals surface area contributed by atoms with E-state index in [1.807, 2.05) is 23.1 Å². The van der Waals surface area contributed by atoms with Crippen LogP contribution in [0.3, 0.4) is 0 Å². The number of fused-ring (bicyclic) bond motifs is 1. The average Bonchev–Trinajstić information content (AvgIpc) is 3.38. The quantitative estimate of drug-likeness (QED) is 0.800. The maximum absolute atomic E-state index is 12.3. The molecule has 0 bridgehead atoms. The summed E-state index contributed by atoms with van der Waals surface area (Å²) in [6.45, 7) is 4.70. The van der Waals surface area contributed by atoms with Crippen molar-refractivity contribution in [3.8, 4) is 11.5 Å². The molecule has 3 aliphatic rings. The van der Waals surface area contributed by atoms with Gasteiger partial charge in [0.1, 0.15) is 6.10 Å². The number of rotatable bonds is 5. The normalized spacial score (nSPS) is 22.1. The van der Waals surface area contributed by atoms with Gasteiger partial charge in [-0.15, -0.1) is 0 Å². The first kappa shape index (κ1) is 18.1. The molecule has 146 valence electrons. The van der Waals surface area contributed by atoms with Crippen molar-refractivity contribution in [2.75, 3.05) is 46.1 Å². The number of nitrogens with one attached hydrogen (secondary N) is 1. The first-order valence-electron chi connectivity index (χ1n) is 9.47. The highest BCUT2D eigenvalue weighted by Gasteiger charge is 2.26. The van der Waals surface area contributed by atoms with Gasteiger partial charge in [0.2, 0.25) is 18.6 Å². The van der Waals surface area contributed by atoms with E-state index < -0.39 is 6.10 Å². The summed E-state index contributed by atoms with van der Waals surface area (Å²) in [5.41, 5.74) is 1.17. The Bertz CT molecular complexity index is 697. The van der Waals surface area contributed by atoms with Crippen molar-refractivity contribution < 1.29 is 23.8 Å². The molecule has 2 amide bonds. The minimum absolute atomic E-state index is 0.0379. The molecule has 2 saturated heterocycles. The summed E-state index contributed by atoms with van der Waals surface area (Å²) in [6, 6.07) is 6.00. The molecule has 3 aliphatic heterocycles. The van der Waals surface area contributed by atoms with Crippen molar-refractivity contribution in [2.24, 2.45) is 0 Å². The molecular weight excluding hydrogens is 350 g/mol. The molecule has 8 heteroatoms. The Labute approximate surface area is 158 Å². The Kier molecular flexibility index (Phi) is 5.45. The van der Waals surface area contributed by atoms with Gasteiger partial charge in [-0.05, 0) is 30.5 Å². The molecule has 0 aromatic heterocycles. The van der Waals surface area contributed by atoms with E-state index in [4.69, 9.17) is 14.2 Å². The molecule has 1 N–H and O–H groups in total. The fourth-order valence-electron chi connectivity index (χ4n) is 3.63. The monoisotopic (exact) mass is 375 g/mol. The van der Waals surface area contributed by atoms with E-state index in [2.05, 4.69) is 10.2 Å². The third kappa shape index (κ3) is 4.33. The highest BCUT2D eigenvalue weighted by atomic mass is 16.7. The topological polar surface area (TPSA) is 80.3 Å². The number of nitrogens with zero attached hydrogens (tertiary/aromatic N) is 2. The van der Waals surface area contributed by atoms with Crippen molar-refractivity contribution >= 4 is 11.8 Å². The first-order valence-corrected chi connectivity index (χ1v) is 9.47. The fraction of sp³-hybridized carbons (Fsp3) is 0.579. The number of hydrogen-bond acceptors (Lipinski definition) is 6. The Morgan fingerprint density at radius 2 is 1.93 bits per heavy atom. The molecule has 27 heavy (non-hydrogen) atoms. The fourth-order valence-corrected chi connectivity index (χ4v) is 3.63. The largest absolute Gasteiger partial charge is 0.454 e. The summed E-state index contributed by atoms with van der Waals surface area (Å²) in [4.78, 5) is 28.4. The number of ether oxygens (including phenoxy) is 3. The van der Waals surface area contributed by atoms with Gasteiger partial charge in [0.15, 0.2) is 11.5 Å². The standard InChI is InChI=1S/C19H25N3O5/c23-18(11-20-19(24)16-2-1-9-25-16)22-7-5-21(6-8-22)12-14-3-4-15-17(10-14)27-13-26-15/h3-4,10,16H,1-2,5-9,11-13H2,(H,20,24). The summed E-state index contributed by atoms with van der Waals surface area (Å²) >= 11 is 0. The predicted molar refractivity (Wildman–Crippen MR) is 96.4 cm³/mol. The van der Waals surface area contributed by atoms with Gasteiger partial charge in [0.25, 0.3) is 0 Å². The number of benzene rings is 1. The van der Waals surface area contributed by atoms with Crippen LogP contribution in [0.2, 0.25) is 0 Å². The second kappa shape index (κ2) is 8.14. The van der Waals surface area contributed by atoms with Crippen LogP contribution in [0, 0.1) is 0 Å². The van der Waals surface area contributed by atoms with Crippen LogP contribution >= 0.6 is 0 Å². The lowest BCUT2D eigenvalue weighted by atomic mass is 10.1. The van der Waals surface area contributed by atoms with Gasteiger partial charge < -0.3 is 24.4 Å². The van der Waals surface area contributed by atoms with Crippen LogP contribution in [-0.4, -0.2) is 73.8 Å². The van der Waals surface area contributed by atoms with Gasteiger partial charge in [0, 0.05) is 39.3 Å². The Morgan fingerprint density at radius 1 is 1.11 bits per heavy atom. The molecule has 0 saturated carbocycles. The van der Waals surface area contributed by atoms with Crippen LogP contribution in [0.5, 0.6) is 11.5 Å². The summed E-state index contributed by atoms with van der Waals surface area (Å²) in [7, 11) is 0. The van der Waals surface area contributed by atoms with Crippen LogP contribution in [0.1, 0.15) is 18.4 Å². The van der Waals surface area contributed by atoms with E-state index in [0.29, 0.717) is 19.7 Å².